The highest BCUT2D eigenvalue weighted by molar-refractivity contribution is 5.85. The predicted molar refractivity (Wildman–Crippen MR) is 128 cm³/mol. The molecule has 7 nitrogen and oxygen atoms in total. The molecule has 5 rings (SSSR count). The van der Waals surface area contributed by atoms with Crippen LogP contribution in [-0.2, 0) is 16.1 Å². The molecule has 2 aliphatic heterocycles. The lowest BCUT2D eigenvalue weighted by Crippen LogP contribution is -2.40. The quantitative estimate of drug-likeness (QED) is 0.611. The summed E-state index contributed by atoms with van der Waals surface area (Å²) in [5.74, 6) is 0.630. The maximum atomic E-state index is 12.2. The smallest absolute Gasteiger partial charge is 0.225 e. The molecule has 7 heteroatoms. The van der Waals surface area contributed by atoms with E-state index >= 15 is 0 Å². The number of carbonyl (C=O) groups excluding carboxylic acids is 1. The van der Waals surface area contributed by atoms with Crippen LogP contribution in [0.2, 0.25) is 0 Å². The molecule has 2 aliphatic rings. The minimum Gasteiger partial charge on any atom is -0.393 e. The molecule has 1 aromatic carbocycles. The minimum atomic E-state index is -0.568. The Bertz CT molecular complexity index is 1090. The van der Waals surface area contributed by atoms with Gasteiger partial charge in [0.25, 0.3) is 0 Å². The third kappa shape index (κ3) is 4.99. The van der Waals surface area contributed by atoms with Crippen LogP contribution in [0.15, 0.2) is 42.9 Å². The standard InChI is InChI=1S/C26H34N4O3/c1-19(31)14-25(32)28-10-7-20(8-11-28)17-29-12-9-22-15-21(5-6-24(22)29)23-16-27-30(18-23)26-4-2-3-13-33-26/h5-6,9,12,15-16,18-20,26,31H,2-4,7-8,10-11,13-14,17H2,1H3. The van der Waals surface area contributed by atoms with Crippen molar-refractivity contribution in [1.82, 2.24) is 19.2 Å². The van der Waals surface area contributed by atoms with Gasteiger partial charge >= 0.3 is 0 Å². The van der Waals surface area contributed by atoms with Crippen LogP contribution < -0.4 is 0 Å². The zero-order chi connectivity index (χ0) is 22.8. The van der Waals surface area contributed by atoms with Crippen molar-refractivity contribution in [3.05, 3.63) is 42.9 Å². The molecule has 2 unspecified atom stereocenters. The fourth-order valence-electron chi connectivity index (χ4n) is 5.14. The number of likely N-dealkylation sites (tertiary alicyclic amines) is 1. The van der Waals surface area contributed by atoms with Gasteiger partial charge in [-0.1, -0.05) is 6.07 Å². The Labute approximate surface area is 194 Å². The summed E-state index contributed by atoms with van der Waals surface area (Å²) >= 11 is 0. The normalized spacial score (nSPS) is 20.9. The van der Waals surface area contributed by atoms with Crippen LogP contribution in [0.25, 0.3) is 22.0 Å². The number of rotatable bonds is 6. The van der Waals surface area contributed by atoms with Crippen LogP contribution >= 0.6 is 0 Å². The van der Waals surface area contributed by atoms with E-state index in [0.29, 0.717) is 5.92 Å². The number of fused-ring (bicyclic) bond motifs is 1. The number of amides is 1. The van der Waals surface area contributed by atoms with Crippen molar-refractivity contribution in [2.75, 3.05) is 19.7 Å². The molecule has 33 heavy (non-hydrogen) atoms. The average Bonchev–Trinajstić information content (AvgIpc) is 3.47. The largest absolute Gasteiger partial charge is 0.393 e. The molecule has 176 valence electrons. The van der Waals surface area contributed by atoms with Crippen molar-refractivity contribution >= 4 is 16.8 Å². The zero-order valence-electron chi connectivity index (χ0n) is 19.4. The van der Waals surface area contributed by atoms with E-state index in [1.807, 2.05) is 15.8 Å². The first kappa shape index (κ1) is 22.2. The Morgan fingerprint density at radius 2 is 2.03 bits per heavy atom. The maximum Gasteiger partial charge on any atom is 0.225 e. The molecule has 2 saturated heterocycles. The first-order valence-electron chi connectivity index (χ1n) is 12.3. The van der Waals surface area contributed by atoms with Crippen molar-refractivity contribution < 1.29 is 14.6 Å². The van der Waals surface area contributed by atoms with E-state index in [1.54, 1.807) is 6.92 Å². The van der Waals surface area contributed by atoms with E-state index in [9.17, 15) is 9.90 Å². The lowest BCUT2D eigenvalue weighted by molar-refractivity contribution is -0.134. The third-order valence-electron chi connectivity index (χ3n) is 7.05. The second-order valence-electron chi connectivity index (χ2n) is 9.65. The number of carbonyl (C=O) groups is 1. The number of piperidine rings is 1. The highest BCUT2D eigenvalue weighted by atomic mass is 16.5. The summed E-state index contributed by atoms with van der Waals surface area (Å²) in [6, 6.07) is 8.82. The number of hydrogen-bond acceptors (Lipinski definition) is 4. The lowest BCUT2D eigenvalue weighted by atomic mass is 9.96. The highest BCUT2D eigenvalue weighted by Crippen LogP contribution is 2.29. The van der Waals surface area contributed by atoms with Crippen molar-refractivity contribution in [2.24, 2.45) is 5.92 Å². The molecule has 1 N–H and O–H groups in total. The van der Waals surface area contributed by atoms with Gasteiger partial charge in [-0.3, -0.25) is 4.79 Å². The van der Waals surface area contributed by atoms with E-state index in [1.165, 1.54) is 22.9 Å². The van der Waals surface area contributed by atoms with E-state index in [-0.39, 0.29) is 18.6 Å². The number of ether oxygens (including phenoxy) is 1. The molecule has 4 heterocycles. The average molecular weight is 451 g/mol. The van der Waals surface area contributed by atoms with Gasteiger partial charge < -0.3 is 19.3 Å². The predicted octanol–water partition coefficient (Wildman–Crippen LogP) is 4.21. The molecule has 3 aromatic rings. The summed E-state index contributed by atoms with van der Waals surface area (Å²) in [5, 5.41) is 15.3. The van der Waals surface area contributed by atoms with Gasteiger partial charge in [0, 0.05) is 55.1 Å². The molecule has 2 aromatic heterocycles. The number of aliphatic hydroxyl groups is 1. The summed E-state index contributed by atoms with van der Waals surface area (Å²) in [7, 11) is 0. The Morgan fingerprint density at radius 3 is 2.79 bits per heavy atom. The number of hydrogen-bond donors (Lipinski definition) is 1. The number of nitrogens with zero attached hydrogens (tertiary/aromatic N) is 4. The van der Waals surface area contributed by atoms with Crippen LogP contribution in [-0.4, -0.2) is 56.1 Å². The lowest BCUT2D eigenvalue weighted by Gasteiger charge is -2.32. The Hall–Kier alpha value is -2.64. The first-order chi connectivity index (χ1) is 16.1. The second kappa shape index (κ2) is 9.69. The molecule has 0 spiro atoms. The van der Waals surface area contributed by atoms with Crippen molar-refractivity contribution in [3.63, 3.8) is 0 Å². The van der Waals surface area contributed by atoms with Gasteiger partial charge in [-0.2, -0.15) is 5.10 Å². The summed E-state index contributed by atoms with van der Waals surface area (Å²) < 4.78 is 10.2. The van der Waals surface area contributed by atoms with Crippen LogP contribution in [0.4, 0.5) is 0 Å². The molecule has 0 bridgehead atoms. The minimum absolute atomic E-state index is 0.0612. The molecular formula is C26H34N4O3. The summed E-state index contributed by atoms with van der Waals surface area (Å²) in [6.07, 6.45) is 11.3. The molecule has 0 saturated carbocycles. The van der Waals surface area contributed by atoms with Gasteiger partial charge in [0.1, 0.15) is 6.23 Å². The van der Waals surface area contributed by atoms with Gasteiger partial charge in [-0.25, -0.2) is 4.68 Å². The van der Waals surface area contributed by atoms with Crippen LogP contribution in [0.1, 0.15) is 51.7 Å². The Balaban J connectivity index is 1.23. The third-order valence-corrected chi connectivity index (χ3v) is 7.05. The van der Waals surface area contributed by atoms with Crippen molar-refractivity contribution in [1.29, 1.82) is 0 Å². The monoisotopic (exact) mass is 450 g/mol. The Kier molecular flexibility index (Phi) is 6.51. The van der Waals surface area contributed by atoms with Gasteiger partial charge in [0.2, 0.25) is 5.91 Å². The molecule has 0 radical (unpaired) electrons. The fourth-order valence-corrected chi connectivity index (χ4v) is 5.14. The maximum absolute atomic E-state index is 12.2. The highest BCUT2D eigenvalue weighted by Gasteiger charge is 2.24. The van der Waals surface area contributed by atoms with Crippen molar-refractivity contribution in [3.8, 4) is 11.1 Å². The molecule has 2 atom stereocenters. The fraction of sp³-hybridized carbons (Fsp3) is 0.538. The molecule has 1 amide bonds. The number of benzene rings is 1. The molecule has 2 fully saturated rings. The molecular weight excluding hydrogens is 416 g/mol. The molecule has 0 aliphatic carbocycles. The SMILES string of the molecule is CC(O)CC(=O)N1CCC(Cn2ccc3cc(-c4cnn(C5CCCCO5)c4)ccc32)CC1. The first-order valence-corrected chi connectivity index (χ1v) is 12.3. The second-order valence-corrected chi connectivity index (χ2v) is 9.65. The number of aliphatic hydroxyl groups excluding tert-OH is 1. The van der Waals surface area contributed by atoms with E-state index < -0.39 is 6.10 Å². The van der Waals surface area contributed by atoms with E-state index in [0.717, 1.165) is 57.5 Å². The van der Waals surface area contributed by atoms with Gasteiger partial charge in [0.15, 0.2) is 0 Å². The zero-order valence-corrected chi connectivity index (χ0v) is 19.4. The van der Waals surface area contributed by atoms with E-state index in [4.69, 9.17) is 4.74 Å². The van der Waals surface area contributed by atoms with E-state index in [2.05, 4.69) is 46.3 Å². The summed E-state index contributed by atoms with van der Waals surface area (Å²) in [6.45, 7) is 5.03. The van der Waals surface area contributed by atoms with Crippen molar-refractivity contribution in [2.45, 2.75) is 64.3 Å². The number of aromatic nitrogens is 3. The van der Waals surface area contributed by atoms with Crippen LogP contribution in [0, 0.1) is 5.92 Å². The topological polar surface area (TPSA) is 72.5 Å². The van der Waals surface area contributed by atoms with Gasteiger partial charge in [0.05, 0.1) is 18.7 Å². The summed E-state index contributed by atoms with van der Waals surface area (Å²) in [4.78, 5) is 14.1. The summed E-state index contributed by atoms with van der Waals surface area (Å²) in [5.41, 5.74) is 3.54. The van der Waals surface area contributed by atoms with Crippen LogP contribution in [0.5, 0.6) is 0 Å². The van der Waals surface area contributed by atoms with Gasteiger partial charge in [-0.15, -0.1) is 0 Å². The Morgan fingerprint density at radius 1 is 1.18 bits per heavy atom. The van der Waals surface area contributed by atoms with Gasteiger partial charge in [-0.05, 0) is 68.7 Å². The van der Waals surface area contributed by atoms with Crippen LogP contribution in [0.3, 0.4) is 0 Å².